The Morgan fingerprint density at radius 1 is 1.15 bits per heavy atom. The number of likely N-dealkylation sites (N-methyl/N-ethyl adjacent to an activating group) is 1. The van der Waals surface area contributed by atoms with Crippen LogP contribution in [0.2, 0.25) is 0 Å². The SMILES string of the molecule is C[C@H](CO)N1C[C@H](C)[C@@H](CN(C)C(=O)Nc2ccc(F)cc2)OCCCC[C@H](C)Oc2ccc(N(C)C)cc2C1=O. The number of aliphatic hydroxyl groups is 1. The van der Waals surface area contributed by atoms with E-state index in [1.807, 2.05) is 58.0 Å². The predicted molar refractivity (Wildman–Crippen MR) is 159 cm³/mol. The normalized spacial score (nSPS) is 21.2. The van der Waals surface area contributed by atoms with Crippen LogP contribution in [0.5, 0.6) is 5.75 Å². The van der Waals surface area contributed by atoms with Gasteiger partial charge in [-0.05, 0) is 75.6 Å². The van der Waals surface area contributed by atoms with Gasteiger partial charge in [0, 0.05) is 58.1 Å². The minimum Gasteiger partial charge on any atom is -0.490 e. The summed E-state index contributed by atoms with van der Waals surface area (Å²) in [5.41, 5.74) is 1.80. The van der Waals surface area contributed by atoms with Gasteiger partial charge < -0.3 is 34.6 Å². The molecule has 0 bridgehead atoms. The van der Waals surface area contributed by atoms with Crippen LogP contribution >= 0.6 is 0 Å². The summed E-state index contributed by atoms with van der Waals surface area (Å²) in [6.45, 7) is 6.68. The van der Waals surface area contributed by atoms with Crippen LogP contribution < -0.4 is 15.0 Å². The van der Waals surface area contributed by atoms with E-state index in [-0.39, 0.29) is 49.0 Å². The molecule has 1 aliphatic heterocycles. The monoisotopic (exact) mass is 572 g/mol. The highest BCUT2D eigenvalue weighted by molar-refractivity contribution is 5.98. The van der Waals surface area contributed by atoms with Gasteiger partial charge in [0.1, 0.15) is 11.6 Å². The molecule has 0 saturated heterocycles. The molecule has 3 amide bonds. The van der Waals surface area contributed by atoms with Crippen LogP contribution in [-0.2, 0) is 4.74 Å². The van der Waals surface area contributed by atoms with Crippen molar-refractivity contribution in [3.63, 3.8) is 0 Å². The molecule has 0 aromatic heterocycles. The average Bonchev–Trinajstić information content (AvgIpc) is 2.94. The number of nitrogens with zero attached hydrogens (tertiary/aromatic N) is 3. The Kier molecular flexibility index (Phi) is 11.8. The van der Waals surface area contributed by atoms with Crippen LogP contribution in [-0.4, -0.2) is 92.5 Å². The van der Waals surface area contributed by atoms with Crippen molar-refractivity contribution in [2.75, 3.05) is 57.7 Å². The fourth-order valence-corrected chi connectivity index (χ4v) is 4.76. The number of ether oxygens (including phenoxy) is 2. The molecule has 4 atom stereocenters. The molecule has 0 aliphatic carbocycles. The van der Waals surface area contributed by atoms with Crippen molar-refractivity contribution < 1.29 is 28.6 Å². The van der Waals surface area contributed by atoms with Crippen LogP contribution in [0, 0.1) is 11.7 Å². The molecule has 0 radical (unpaired) electrons. The molecule has 10 heteroatoms. The summed E-state index contributed by atoms with van der Waals surface area (Å²) < 4.78 is 25.8. The molecule has 1 heterocycles. The van der Waals surface area contributed by atoms with Gasteiger partial charge >= 0.3 is 6.03 Å². The Morgan fingerprint density at radius 3 is 2.51 bits per heavy atom. The first-order chi connectivity index (χ1) is 19.5. The fraction of sp³-hybridized carbons (Fsp3) is 0.548. The maximum atomic E-state index is 14.1. The second-order valence-electron chi connectivity index (χ2n) is 11.2. The number of halogens is 1. The zero-order valence-corrected chi connectivity index (χ0v) is 25.1. The van der Waals surface area contributed by atoms with Crippen LogP contribution in [0.15, 0.2) is 42.5 Å². The van der Waals surface area contributed by atoms with Crippen molar-refractivity contribution >= 4 is 23.3 Å². The number of carbonyl (C=O) groups is 2. The Hall–Kier alpha value is -3.37. The second kappa shape index (κ2) is 15.0. The molecule has 0 unspecified atom stereocenters. The van der Waals surface area contributed by atoms with E-state index >= 15 is 0 Å². The number of nitrogens with one attached hydrogen (secondary N) is 1. The molecule has 0 saturated carbocycles. The highest BCUT2D eigenvalue weighted by Gasteiger charge is 2.31. The lowest BCUT2D eigenvalue weighted by Crippen LogP contribution is -2.48. The first-order valence-electron chi connectivity index (χ1n) is 14.3. The van der Waals surface area contributed by atoms with Gasteiger partial charge in [-0.25, -0.2) is 9.18 Å². The lowest BCUT2D eigenvalue weighted by Gasteiger charge is -2.36. The fourth-order valence-electron chi connectivity index (χ4n) is 4.76. The van der Waals surface area contributed by atoms with Gasteiger partial charge in [-0.2, -0.15) is 0 Å². The van der Waals surface area contributed by atoms with Crippen LogP contribution in [0.3, 0.4) is 0 Å². The largest absolute Gasteiger partial charge is 0.490 e. The predicted octanol–water partition coefficient (Wildman–Crippen LogP) is 4.85. The average molecular weight is 573 g/mol. The van der Waals surface area contributed by atoms with Crippen molar-refractivity contribution in [1.82, 2.24) is 9.80 Å². The van der Waals surface area contributed by atoms with Crippen LogP contribution in [0.1, 0.15) is 50.4 Å². The molecule has 0 fully saturated rings. The van der Waals surface area contributed by atoms with Crippen LogP contribution in [0.25, 0.3) is 0 Å². The molecule has 41 heavy (non-hydrogen) atoms. The summed E-state index contributed by atoms with van der Waals surface area (Å²) in [5.74, 6) is -0.256. The molecule has 3 rings (SSSR count). The van der Waals surface area contributed by atoms with Gasteiger partial charge in [0.25, 0.3) is 5.91 Å². The summed E-state index contributed by atoms with van der Waals surface area (Å²) in [6, 6.07) is 10.4. The molecule has 1 aliphatic rings. The van der Waals surface area contributed by atoms with Crippen molar-refractivity contribution in [2.24, 2.45) is 5.92 Å². The Labute approximate surface area is 243 Å². The van der Waals surface area contributed by atoms with Crippen molar-refractivity contribution in [2.45, 2.75) is 58.3 Å². The number of carbonyl (C=O) groups excluding carboxylic acids is 2. The molecular weight excluding hydrogens is 527 g/mol. The number of hydrogen-bond donors (Lipinski definition) is 2. The third kappa shape index (κ3) is 9.06. The smallest absolute Gasteiger partial charge is 0.321 e. The number of fused-ring (bicyclic) bond motifs is 1. The van der Waals surface area contributed by atoms with E-state index in [1.54, 1.807) is 11.9 Å². The highest BCUT2D eigenvalue weighted by atomic mass is 19.1. The van der Waals surface area contributed by atoms with E-state index in [2.05, 4.69) is 5.32 Å². The number of hydrogen-bond acceptors (Lipinski definition) is 6. The van der Waals surface area contributed by atoms with Gasteiger partial charge in [-0.15, -0.1) is 0 Å². The quantitative estimate of drug-likeness (QED) is 0.514. The van der Waals surface area contributed by atoms with Crippen molar-refractivity contribution in [3.8, 4) is 5.75 Å². The standard InChI is InChI=1S/C31H45FN4O5/c1-21-18-36(22(2)20-37)30(38)27-17-26(34(4)5)14-15-28(27)41-23(3)9-7-8-16-40-29(21)19-35(6)31(39)33-25-12-10-24(32)11-13-25/h10-15,17,21-23,29,37H,7-9,16,18-20H2,1-6H3,(H,33,39)/t21-,22+,23-,29+/m0/s1. The molecular formula is C31H45FN4O5. The molecule has 0 spiro atoms. The van der Waals surface area contributed by atoms with E-state index in [1.165, 1.54) is 29.2 Å². The number of benzene rings is 2. The van der Waals surface area contributed by atoms with Crippen molar-refractivity contribution in [1.29, 1.82) is 0 Å². The molecule has 2 aromatic rings. The topological polar surface area (TPSA) is 94.6 Å². The number of amides is 3. The summed E-state index contributed by atoms with van der Waals surface area (Å²) in [5, 5.41) is 12.9. The third-order valence-corrected chi connectivity index (χ3v) is 7.45. The maximum absolute atomic E-state index is 14.1. The second-order valence-corrected chi connectivity index (χ2v) is 11.2. The summed E-state index contributed by atoms with van der Waals surface area (Å²) in [6.07, 6.45) is 2.03. The van der Waals surface area contributed by atoms with Gasteiger partial charge in [0.05, 0.1) is 30.4 Å². The van der Waals surface area contributed by atoms with E-state index < -0.39 is 6.04 Å². The first kappa shape index (κ1) is 32.1. The lowest BCUT2D eigenvalue weighted by molar-refractivity contribution is -0.0115. The van der Waals surface area contributed by atoms with E-state index in [9.17, 15) is 19.1 Å². The van der Waals surface area contributed by atoms with Gasteiger partial charge in [-0.3, -0.25) is 4.79 Å². The Bertz CT molecular complexity index is 1150. The number of urea groups is 1. The van der Waals surface area contributed by atoms with E-state index in [4.69, 9.17) is 9.47 Å². The summed E-state index contributed by atoms with van der Waals surface area (Å²) in [4.78, 5) is 32.1. The molecule has 9 nitrogen and oxygen atoms in total. The van der Waals surface area contributed by atoms with Gasteiger partial charge in [0.15, 0.2) is 0 Å². The van der Waals surface area contributed by atoms with Gasteiger partial charge in [-0.1, -0.05) is 6.92 Å². The van der Waals surface area contributed by atoms with Crippen molar-refractivity contribution in [3.05, 3.63) is 53.8 Å². The van der Waals surface area contributed by atoms with E-state index in [0.717, 1.165) is 24.9 Å². The zero-order valence-electron chi connectivity index (χ0n) is 25.1. The lowest BCUT2D eigenvalue weighted by atomic mass is 10.0. The molecule has 226 valence electrons. The maximum Gasteiger partial charge on any atom is 0.321 e. The number of aliphatic hydroxyl groups excluding tert-OH is 1. The van der Waals surface area contributed by atoms with Gasteiger partial charge in [0.2, 0.25) is 0 Å². The van der Waals surface area contributed by atoms with Crippen LogP contribution in [0.4, 0.5) is 20.6 Å². The minimum absolute atomic E-state index is 0.102. The number of rotatable bonds is 6. The van der Waals surface area contributed by atoms with E-state index in [0.29, 0.717) is 30.2 Å². The zero-order chi connectivity index (χ0) is 30.1. The summed E-state index contributed by atoms with van der Waals surface area (Å²) >= 11 is 0. The molecule has 2 aromatic carbocycles. The first-order valence-corrected chi connectivity index (χ1v) is 14.3. The number of anilines is 2. The Balaban J connectivity index is 1.87. The molecule has 2 N–H and O–H groups in total. The minimum atomic E-state index is -0.453. The highest BCUT2D eigenvalue weighted by Crippen LogP contribution is 2.29. The third-order valence-electron chi connectivity index (χ3n) is 7.45. The summed E-state index contributed by atoms with van der Waals surface area (Å²) in [7, 11) is 5.51. The Morgan fingerprint density at radius 2 is 1.85 bits per heavy atom.